The van der Waals surface area contributed by atoms with Gasteiger partial charge in [-0.2, -0.15) is 5.10 Å². The van der Waals surface area contributed by atoms with Gasteiger partial charge in [-0.05, 0) is 66.6 Å². The van der Waals surface area contributed by atoms with E-state index < -0.39 is 0 Å². The molecule has 2 aromatic heterocycles. The molecule has 3 saturated carbocycles. The van der Waals surface area contributed by atoms with Crippen LogP contribution in [0.4, 0.5) is 0 Å². The number of carbonyl (C=O) groups excluding carboxylic acids is 1. The van der Waals surface area contributed by atoms with E-state index in [1.165, 1.54) is 19.3 Å². The summed E-state index contributed by atoms with van der Waals surface area (Å²) in [7, 11) is 0. The standard InChI is InChI=1S/C17H20N4OS2/c22-12(18-15-13-9-3-4-10(8-9)14(13)15)5-6-21-16(19-20-17(21)23)11-2-1-7-24-11/h1-2,7,9-10,13-15H,3-6,8H2,(H,18,22)(H,20,23)/t9-,10-,13-,14+,15?/m0/s1. The van der Waals surface area contributed by atoms with Crippen LogP contribution in [0.25, 0.3) is 10.7 Å². The van der Waals surface area contributed by atoms with Gasteiger partial charge in [-0.1, -0.05) is 6.07 Å². The molecule has 2 aromatic rings. The molecule has 2 heterocycles. The molecule has 2 N–H and O–H groups in total. The summed E-state index contributed by atoms with van der Waals surface area (Å²) < 4.78 is 2.51. The Labute approximate surface area is 149 Å². The molecule has 3 aliphatic carbocycles. The van der Waals surface area contributed by atoms with E-state index in [2.05, 4.69) is 15.5 Å². The molecule has 0 radical (unpaired) electrons. The highest BCUT2D eigenvalue weighted by Gasteiger charge is 2.65. The third-order valence-electron chi connectivity index (χ3n) is 6.13. The van der Waals surface area contributed by atoms with Gasteiger partial charge in [0.25, 0.3) is 0 Å². The first-order valence-corrected chi connectivity index (χ1v) is 9.99. The average molecular weight is 361 g/mol. The van der Waals surface area contributed by atoms with Crippen molar-refractivity contribution in [2.45, 2.75) is 38.3 Å². The molecule has 3 aliphatic rings. The molecule has 7 heteroatoms. The summed E-state index contributed by atoms with van der Waals surface area (Å²) in [6.07, 6.45) is 4.63. The Balaban J connectivity index is 1.22. The number of fused-ring (bicyclic) bond motifs is 5. The normalized spacial score (nSPS) is 32.8. The van der Waals surface area contributed by atoms with Crippen LogP contribution >= 0.6 is 23.6 Å². The lowest BCUT2D eigenvalue weighted by molar-refractivity contribution is -0.121. The highest BCUT2D eigenvalue weighted by atomic mass is 32.1. The Morgan fingerprint density at radius 3 is 2.92 bits per heavy atom. The van der Waals surface area contributed by atoms with Crippen LogP contribution in [0, 0.1) is 28.4 Å². The van der Waals surface area contributed by atoms with Gasteiger partial charge in [-0.25, -0.2) is 0 Å². The second kappa shape index (κ2) is 5.52. The monoisotopic (exact) mass is 360 g/mol. The second-order valence-corrected chi connectivity index (χ2v) is 8.65. The zero-order valence-electron chi connectivity index (χ0n) is 13.3. The summed E-state index contributed by atoms with van der Waals surface area (Å²) >= 11 is 6.95. The van der Waals surface area contributed by atoms with Crippen molar-refractivity contribution >= 4 is 29.5 Å². The van der Waals surface area contributed by atoms with Gasteiger partial charge >= 0.3 is 0 Å². The summed E-state index contributed by atoms with van der Waals surface area (Å²) in [5, 5.41) is 12.5. The minimum absolute atomic E-state index is 0.147. The summed E-state index contributed by atoms with van der Waals surface area (Å²) in [5.41, 5.74) is 0. The Kier molecular flexibility index (Phi) is 3.42. The quantitative estimate of drug-likeness (QED) is 0.805. The molecule has 1 unspecified atom stereocenters. The first kappa shape index (κ1) is 14.8. The topological polar surface area (TPSA) is 62.7 Å². The van der Waals surface area contributed by atoms with Crippen molar-refractivity contribution in [3.05, 3.63) is 22.3 Å². The fourth-order valence-corrected chi connectivity index (χ4v) is 6.05. The smallest absolute Gasteiger partial charge is 0.222 e. The van der Waals surface area contributed by atoms with Crippen molar-refractivity contribution in [1.29, 1.82) is 0 Å². The number of amides is 1. The maximum Gasteiger partial charge on any atom is 0.222 e. The van der Waals surface area contributed by atoms with E-state index >= 15 is 0 Å². The van der Waals surface area contributed by atoms with Crippen LogP contribution in [0.15, 0.2) is 17.5 Å². The van der Waals surface area contributed by atoms with E-state index in [1.54, 1.807) is 11.3 Å². The van der Waals surface area contributed by atoms with Crippen LogP contribution in [0.3, 0.4) is 0 Å². The number of aromatic amines is 1. The molecule has 5 atom stereocenters. The van der Waals surface area contributed by atoms with E-state index in [0.29, 0.717) is 23.8 Å². The Bertz CT molecular complexity index is 808. The van der Waals surface area contributed by atoms with Gasteiger partial charge in [0.1, 0.15) is 0 Å². The van der Waals surface area contributed by atoms with Gasteiger partial charge in [0, 0.05) is 19.0 Å². The number of nitrogens with one attached hydrogen (secondary N) is 2. The van der Waals surface area contributed by atoms with Crippen molar-refractivity contribution in [1.82, 2.24) is 20.1 Å². The van der Waals surface area contributed by atoms with Gasteiger partial charge in [-0.3, -0.25) is 14.5 Å². The number of hydrogen-bond acceptors (Lipinski definition) is 4. The van der Waals surface area contributed by atoms with Crippen LogP contribution in [-0.2, 0) is 11.3 Å². The third kappa shape index (κ3) is 2.29. The van der Waals surface area contributed by atoms with Crippen molar-refractivity contribution in [3.63, 3.8) is 0 Å². The lowest BCUT2D eigenvalue weighted by Crippen LogP contribution is -2.30. The van der Waals surface area contributed by atoms with E-state index in [1.807, 2.05) is 22.1 Å². The van der Waals surface area contributed by atoms with Crippen LogP contribution in [-0.4, -0.2) is 26.7 Å². The van der Waals surface area contributed by atoms with Gasteiger partial charge in [0.2, 0.25) is 5.91 Å². The molecule has 5 nitrogen and oxygen atoms in total. The van der Waals surface area contributed by atoms with Gasteiger partial charge in [0.05, 0.1) is 4.88 Å². The molecule has 3 fully saturated rings. The number of hydrogen-bond donors (Lipinski definition) is 2. The zero-order valence-corrected chi connectivity index (χ0v) is 14.9. The largest absolute Gasteiger partial charge is 0.353 e. The van der Waals surface area contributed by atoms with Crippen LogP contribution in [0.1, 0.15) is 25.7 Å². The SMILES string of the molecule is O=C(CCn1c(-c2cccs2)n[nH]c1=S)NC1[C@@H]2[C@H]3CC[C@@H](C3)[C@H]12. The number of nitrogens with zero attached hydrogens (tertiary/aromatic N) is 2. The van der Waals surface area contributed by atoms with Crippen molar-refractivity contribution in [3.8, 4) is 10.7 Å². The number of thiophene rings is 1. The van der Waals surface area contributed by atoms with Crippen LogP contribution < -0.4 is 5.32 Å². The molecule has 1 amide bonds. The Morgan fingerprint density at radius 1 is 1.42 bits per heavy atom. The predicted octanol–water partition coefficient (Wildman–Crippen LogP) is 3.22. The van der Waals surface area contributed by atoms with Crippen molar-refractivity contribution in [2.75, 3.05) is 0 Å². The third-order valence-corrected chi connectivity index (χ3v) is 7.30. The lowest BCUT2D eigenvalue weighted by Gasteiger charge is -2.11. The zero-order chi connectivity index (χ0) is 16.3. The number of carbonyl (C=O) groups is 1. The van der Waals surface area contributed by atoms with Crippen LogP contribution in [0.2, 0.25) is 0 Å². The maximum atomic E-state index is 12.4. The molecular formula is C17H20N4OS2. The maximum absolute atomic E-state index is 12.4. The Morgan fingerprint density at radius 2 is 2.21 bits per heavy atom. The summed E-state index contributed by atoms with van der Waals surface area (Å²) in [6, 6.07) is 4.47. The fourth-order valence-electron chi connectivity index (χ4n) is 5.11. The molecular weight excluding hydrogens is 340 g/mol. The predicted molar refractivity (Wildman–Crippen MR) is 95.1 cm³/mol. The highest BCUT2D eigenvalue weighted by Crippen LogP contribution is 2.65. The van der Waals surface area contributed by atoms with E-state index in [0.717, 1.165) is 34.4 Å². The molecule has 5 rings (SSSR count). The summed E-state index contributed by atoms with van der Waals surface area (Å²) in [4.78, 5) is 13.4. The summed E-state index contributed by atoms with van der Waals surface area (Å²) in [5.74, 6) is 4.31. The molecule has 2 bridgehead atoms. The molecule has 0 spiro atoms. The lowest BCUT2D eigenvalue weighted by atomic mass is 10.0. The molecule has 24 heavy (non-hydrogen) atoms. The fraction of sp³-hybridized carbons (Fsp3) is 0.588. The van der Waals surface area contributed by atoms with E-state index in [4.69, 9.17) is 12.2 Å². The molecule has 0 saturated heterocycles. The van der Waals surface area contributed by atoms with Gasteiger partial charge in [-0.15, -0.1) is 11.3 Å². The first-order valence-electron chi connectivity index (χ1n) is 8.71. The van der Waals surface area contributed by atoms with Crippen LogP contribution in [0.5, 0.6) is 0 Å². The molecule has 0 aliphatic heterocycles. The van der Waals surface area contributed by atoms with Crippen molar-refractivity contribution < 1.29 is 4.79 Å². The minimum atomic E-state index is 0.147. The van der Waals surface area contributed by atoms with Crippen molar-refractivity contribution in [2.24, 2.45) is 23.7 Å². The molecule has 0 aromatic carbocycles. The minimum Gasteiger partial charge on any atom is -0.353 e. The van der Waals surface area contributed by atoms with Gasteiger partial charge in [0.15, 0.2) is 10.6 Å². The van der Waals surface area contributed by atoms with E-state index in [-0.39, 0.29) is 5.91 Å². The number of aromatic nitrogens is 3. The van der Waals surface area contributed by atoms with E-state index in [9.17, 15) is 4.79 Å². The van der Waals surface area contributed by atoms with Gasteiger partial charge < -0.3 is 5.32 Å². The second-order valence-electron chi connectivity index (χ2n) is 7.31. The highest BCUT2D eigenvalue weighted by molar-refractivity contribution is 7.71. The number of rotatable bonds is 5. The average Bonchev–Trinajstić information content (AvgIpc) is 3.11. The first-order chi connectivity index (χ1) is 11.7. The Hall–Kier alpha value is -1.47. The summed E-state index contributed by atoms with van der Waals surface area (Å²) in [6.45, 7) is 0.573. The number of H-pyrrole nitrogens is 1. The molecule has 126 valence electrons.